The van der Waals surface area contributed by atoms with Crippen molar-refractivity contribution in [2.45, 2.75) is 70.9 Å². The molecule has 1 rings (SSSR count). The van der Waals surface area contributed by atoms with Gasteiger partial charge in [0.1, 0.15) is 0 Å². The van der Waals surface area contributed by atoms with Crippen LogP contribution in [0.4, 0.5) is 0 Å². The molecule has 0 saturated heterocycles. The fourth-order valence-corrected chi connectivity index (χ4v) is 2.67. The third-order valence-corrected chi connectivity index (χ3v) is 4.50. The summed E-state index contributed by atoms with van der Waals surface area (Å²) < 4.78 is 4.68. The molecule has 0 heterocycles. The molecule has 140 valence electrons. The van der Waals surface area contributed by atoms with Gasteiger partial charge in [0.2, 0.25) is 5.54 Å². The number of ketones is 1. The second kappa shape index (κ2) is 6.89. The lowest BCUT2D eigenvalue weighted by Crippen LogP contribution is -2.62. The molecule has 0 aromatic heterocycles. The Morgan fingerprint density at radius 2 is 1.60 bits per heavy atom. The highest BCUT2D eigenvalue weighted by Crippen LogP contribution is 2.33. The lowest BCUT2D eigenvalue weighted by molar-refractivity contribution is -0.148. The SMILES string of the molecule is COC(=O)[C@](N)(C(=O)c1ccc(C(C)(C)C)cc1C(C)(C)C)C(C)O. The third kappa shape index (κ3) is 4.10. The number of carbonyl (C=O) groups is 2. The van der Waals surface area contributed by atoms with Crippen molar-refractivity contribution in [1.29, 1.82) is 0 Å². The molecule has 0 fully saturated rings. The number of aliphatic hydroxyl groups excluding tert-OH is 1. The molecule has 0 aliphatic carbocycles. The van der Waals surface area contributed by atoms with Crippen LogP contribution in [0.5, 0.6) is 0 Å². The molecule has 3 N–H and O–H groups in total. The van der Waals surface area contributed by atoms with E-state index in [2.05, 4.69) is 25.5 Å². The van der Waals surface area contributed by atoms with Crippen molar-refractivity contribution < 1.29 is 19.4 Å². The minimum atomic E-state index is -2.14. The number of esters is 1. The monoisotopic (exact) mass is 349 g/mol. The number of rotatable bonds is 4. The first-order valence-corrected chi connectivity index (χ1v) is 8.42. The predicted octanol–water partition coefficient (Wildman–Crippen LogP) is 2.72. The molecule has 2 atom stereocenters. The number of hydrogen-bond donors (Lipinski definition) is 2. The van der Waals surface area contributed by atoms with Crippen LogP contribution >= 0.6 is 0 Å². The topological polar surface area (TPSA) is 89.6 Å². The van der Waals surface area contributed by atoms with Gasteiger partial charge in [0, 0.05) is 5.56 Å². The van der Waals surface area contributed by atoms with E-state index in [-0.39, 0.29) is 10.8 Å². The van der Waals surface area contributed by atoms with Crippen molar-refractivity contribution in [1.82, 2.24) is 0 Å². The molecular formula is C20H31NO4. The summed E-state index contributed by atoms with van der Waals surface area (Å²) in [5.74, 6) is -1.59. The molecule has 0 radical (unpaired) electrons. The fraction of sp³-hybridized carbons (Fsp3) is 0.600. The summed E-state index contributed by atoms with van der Waals surface area (Å²) in [6, 6.07) is 5.53. The van der Waals surface area contributed by atoms with Gasteiger partial charge in [-0.2, -0.15) is 0 Å². The number of methoxy groups -OCH3 is 1. The summed E-state index contributed by atoms with van der Waals surface area (Å²) in [5.41, 5.74) is 5.64. The maximum Gasteiger partial charge on any atom is 0.336 e. The van der Waals surface area contributed by atoms with Gasteiger partial charge in [-0.25, -0.2) is 4.79 Å². The van der Waals surface area contributed by atoms with Crippen LogP contribution in [0.2, 0.25) is 0 Å². The Kier molecular flexibility index (Phi) is 5.87. The number of carbonyl (C=O) groups excluding carboxylic acids is 2. The molecule has 0 saturated carbocycles. The smallest absolute Gasteiger partial charge is 0.336 e. The molecule has 1 aromatic carbocycles. The molecule has 0 amide bonds. The van der Waals surface area contributed by atoms with Gasteiger partial charge in [0.25, 0.3) is 0 Å². The van der Waals surface area contributed by atoms with E-state index in [1.165, 1.54) is 6.92 Å². The van der Waals surface area contributed by atoms with Crippen molar-refractivity contribution in [2.24, 2.45) is 5.73 Å². The van der Waals surface area contributed by atoms with E-state index >= 15 is 0 Å². The zero-order chi connectivity index (χ0) is 19.8. The Morgan fingerprint density at radius 1 is 1.08 bits per heavy atom. The Hall–Kier alpha value is -1.72. The summed E-state index contributed by atoms with van der Waals surface area (Å²) in [6.45, 7) is 13.6. The quantitative estimate of drug-likeness (QED) is 0.495. The minimum Gasteiger partial charge on any atom is -0.467 e. The first-order chi connectivity index (χ1) is 11.2. The number of aliphatic hydroxyl groups is 1. The highest BCUT2D eigenvalue weighted by molar-refractivity contribution is 6.17. The summed E-state index contributed by atoms with van der Waals surface area (Å²) in [4.78, 5) is 25.3. The predicted molar refractivity (Wildman–Crippen MR) is 98.8 cm³/mol. The molecule has 1 aromatic rings. The van der Waals surface area contributed by atoms with Gasteiger partial charge in [-0.1, -0.05) is 59.7 Å². The van der Waals surface area contributed by atoms with Crippen LogP contribution in [0.25, 0.3) is 0 Å². The Labute approximate surface area is 150 Å². The highest BCUT2D eigenvalue weighted by atomic mass is 16.5. The van der Waals surface area contributed by atoms with E-state index in [9.17, 15) is 14.7 Å². The molecule has 25 heavy (non-hydrogen) atoms. The lowest BCUT2D eigenvalue weighted by Gasteiger charge is -2.32. The van der Waals surface area contributed by atoms with Gasteiger partial charge < -0.3 is 15.6 Å². The molecule has 0 aliphatic rings. The summed E-state index contributed by atoms with van der Waals surface area (Å²) in [6.07, 6.45) is -1.39. The average Bonchev–Trinajstić information content (AvgIpc) is 2.49. The van der Waals surface area contributed by atoms with E-state index in [0.717, 1.165) is 18.2 Å². The molecule has 1 unspecified atom stereocenters. The van der Waals surface area contributed by atoms with Gasteiger partial charge >= 0.3 is 5.97 Å². The van der Waals surface area contributed by atoms with Crippen LogP contribution in [0, 0.1) is 0 Å². The van der Waals surface area contributed by atoms with Crippen molar-refractivity contribution in [3.8, 4) is 0 Å². The van der Waals surface area contributed by atoms with E-state index in [0.29, 0.717) is 5.56 Å². The van der Waals surface area contributed by atoms with Crippen LogP contribution in [0.15, 0.2) is 18.2 Å². The van der Waals surface area contributed by atoms with E-state index in [1.54, 1.807) is 6.07 Å². The number of benzene rings is 1. The standard InChI is InChI=1S/C20H31NO4/c1-12(22)20(21,17(24)25-8)16(23)14-10-9-13(18(2,3)4)11-15(14)19(5,6)7/h9-12,22H,21H2,1-8H3/t12?,20-/m1/s1. The zero-order valence-electron chi connectivity index (χ0n) is 16.6. The molecule has 5 nitrogen and oxygen atoms in total. The van der Waals surface area contributed by atoms with Crippen molar-refractivity contribution in [3.63, 3.8) is 0 Å². The first-order valence-electron chi connectivity index (χ1n) is 8.42. The van der Waals surface area contributed by atoms with Gasteiger partial charge in [0.05, 0.1) is 13.2 Å². The van der Waals surface area contributed by atoms with Crippen molar-refractivity contribution >= 4 is 11.8 Å². The minimum absolute atomic E-state index is 0.0893. The van der Waals surface area contributed by atoms with Crippen molar-refractivity contribution in [2.75, 3.05) is 7.11 Å². The normalized spacial score (nSPS) is 16.1. The Balaban J connectivity index is 3.66. The molecule has 0 bridgehead atoms. The van der Waals surface area contributed by atoms with Gasteiger partial charge in [-0.05, 0) is 28.9 Å². The molecular weight excluding hydrogens is 318 g/mol. The lowest BCUT2D eigenvalue weighted by atomic mass is 9.75. The van der Waals surface area contributed by atoms with E-state index in [1.807, 2.05) is 32.9 Å². The van der Waals surface area contributed by atoms with E-state index in [4.69, 9.17) is 5.73 Å². The maximum absolute atomic E-state index is 13.2. The number of nitrogens with two attached hydrogens (primary N) is 1. The zero-order valence-corrected chi connectivity index (χ0v) is 16.6. The first kappa shape index (κ1) is 21.3. The molecule has 5 heteroatoms. The third-order valence-electron chi connectivity index (χ3n) is 4.50. The number of ether oxygens (including phenoxy) is 1. The summed E-state index contributed by atoms with van der Waals surface area (Å²) >= 11 is 0. The highest BCUT2D eigenvalue weighted by Gasteiger charge is 2.49. The number of hydrogen-bond acceptors (Lipinski definition) is 5. The van der Waals surface area contributed by atoms with Crippen molar-refractivity contribution in [3.05, 3.63) is 34.9 Å². The van der Waals surface area contributed by atoms with Crippen LogP contribution in [0.3, 0.4) is 0 Å². The Bertz CT molecular complexity index is 665. The summed E-state index contributed by atoms with van der Waals surface area (Å²) in [7, 11) is 1.15. The summed E-state index contributed by atoms with van der Waals surface area (Å²) in [5, 5.41) is 10.0. The molecule has 0 spiro atoms. The fourth-order valence-electron chi connectivity index (χ4n) is 2.67. The van der Waals surface area contributed by atoms with Gasteiger partial charge in [0.15, 0.2) is 5.78 Å². The largest absolute Gasteiger partial charge is 0.467 e. The van der Waals surface area contributed by atoms with E-state index < -0.39 is 23.4 Å². The second-order valence-electron chi connectivity index (χ2n) is 8.63. The average molecular weight is 349 g/mol. The number of Topliss-reactive ketones (excluding diaryl/α,β-unsaturated/α-hetero) is 1. The van der Waals surface area contributed by atoms with Crippen LogP contribution in [-0.4, -0.2) is 35.6 Å². The Morgan fingerprint density at radius 3 is 1.96 bits per heavy atom. The maximum atomic E-state index is 13.2. The van der Waals surface area contributed by atoms with Crippen LogP contribution < -0.4 is 5.73 Å². The van der Waals surface area contributed by atoms with Crippen LogP contribution in [0.1, 0.15) is 70.0 Å². The second-order valence-corrected chi connectivity index (χ2v) is 8.63. The van der Waals surface area contributed by atoms with Crippen LogP contribution in [-0.2, 0) is 20.4 Å². The molecule has 0 aliphatic heterocycles. The van der Waals surface area contributed by atoms with Gasteiger partial charge in [-0.3, -0.25) is 4.79 Å². The van der Waals surface area contributed by atoms with Gasteiger partial charge in [-0.15, -0.1) is 0 Å².